The molecule has 3 unspecified atom stereocenters. The molecule has 0 bridgehead atoms. The molecule has 2 N–H and O–H groups in total. The zero-order chi connectivity index (χ0) is 13.8. The van der Waals surface area contributed by atoms with E-state index in [0.717, 1.165) is 17.6 Å². The molecule has 106 valence electrons. The highest BCUT2D eigenvalue weighted by Gasteiger charge is 2.24. The molecule has 2 nitrogen and oxygen atoms in total. The Hall–Kier alpha value is -1.02. The molecule has 2 rings (SSSR count). The number of hydrogen-bond donors (Lipinski definition) is 1. The Morgan fingerprint density at radius 3 is 2.63 bits per heavy atom. The van der Waals surface area contributed by atoms with Crippen molar-refractivity contribution in [3.8, 4) is 0 Å². The first-order chi connectivity index (χ1) is 9.08. The van der Waals surface area contributed by atoms with Crippen LogP contribution in [0.2, 0.25) is 0 Å². The van der Waals surface area contributed by atoms with Crippen molar-refractivity contribution in [1.29, 1.82) is 0 Å². The van der Waals surface area contributed by atoms with E-state index in [1.165, 1.54) is 37.9 Å². The summed E-state index contributed by atoms with van der Waals surface area (Å²) >= 11 is 0. The number of likely N-dealkylation sites (tertiary alicyclic amines) is 1. The van der Waals surface area contributed by atoms with Gasteiger partial charge in [0, 0.05) is 11.7 Å². The SMILES string of the molecule is CC(CCN1CCCC(C)C1C)c1ccc(N)cc1. The monoisotopic (exact) mass is 260 g/mol. The number of benzene rings is 1. The van der Waals surface area contributed by atoms with E-state index >= 15 is 0 Å². The van der Waals surface area contributed by atoms with Gasteiger partial charge in [0.1, 0.15) is 0 Å². The lowest BCUT2D eigenvalue weighted by molar-refractivity contribution is 0.111. The molecular weight excluding hydrogens is 232 g/mol. The van der Waals surface area contributed by atoms with Crippen molar-refractivity contribution < 1.29 is 0 Å². The van der Waals surface area contributed by atoms with Gasteiger partial charge in [-0.15, -0.1) is 0 Å². The van der Waals surface area contributed by atoms with Crippen molar-refractivity contribution >= 4 is 5.69 Å². The summed E-state index contributed by atoms with van der Waals surface area (Å²) in [4.78, 5) is 2.67. The summed E-state index contributed by atoms with van der Waals surface area (Å²) in [6.45, 7) is 9.60. The van der Waals surface area contributed by atoms with E-state index < -0.39 is 0 Å². The number of rotatable bonds is 4. The van der Waals surface area contributed by atoms with Gasteiger partial charge in [0.05, 0.1) is 0 Å². The van der Waals surface area contributed by atoms with Gasteiger partial charge >= 0.3 is 0 Å². The molecule has 0 aliphatic carbocycles. The van der Waals surface area contributed by atoms with Crippen molar-refractivity contribution in [2.45, 2.75) is 52.0 Å². The van der Waals surface area contributed by atoms with Gasteiger partial charge in [0.15, 0.2) is 0 Å². The van der Waals surface area contributed by atoms with Gasteiger partial charge < -0.3 is 10.6 Å². The zero-order valence-electron chi connectivity index (χ0n) is 12.6. The molecule has 1 aromatic rings. The van der Waals surface area contributed by atoms with Crippen molar-refractivity contribution in [3.05, 3.63) is 29.8 Å². The molecule has 0 saturated carbocycles. The Labute approximate surface area is 118 Å². The van der Waals surface area contributed by atoms with Gasteiger partial charge in [-0.25, -0.2) is 0 Å². The van der Waals surface area contributed by atoms with Crippen molar-refractivity contribution in [2.24, 2.45) is 5.92 Å². The second-order valence-electron chi connectivity index (χ2n) is 6.25. The van der Waals surface area contributed by atoms with Gasteiger partial charge in [-0.1, -0.05) is 26.0 Å². The highest BCUT2D eigenvalue weighted by Crippen LogP contribution is 2.25. The summed E-state index contributed by atoms with van der Waals surface area (Å²) in [6.07, 6.45) is 3.99. The van der Waals surface area contributed by atoms with Crippen LogP contribution in [0.15, 0.2) is 24.3 Å². The topological polar surface area (TPSA) is 29.3 Å². The third-order valence-electron chi connectivity index (χ3n) is 4.86. The van der Waals surface area contributed by atoms with Crippen LogP contribution >= 0.6 is 0 Å². The molecule has 1 heterocycles. The molecule has 0 amide bonds. The quantitative estimate of drug-likeness (QED) is 0.832. The van der Waals surface area contributed by atoms with Crippen LogP contribution < -0.4 is 5.73 Å². The van der Waals surface area contributed by atoms with E-state index in [9.17, 15) is 0 Å². The Morgan fingerprint density at radius 2 is 1.95 bits per heavy atom. The molecule has 1 aliphatic rings. The van der Waals surface area contributed by atoms with Crippen molar-refractivity contribution in [1.82, 2.24) is 4.90 Å². The molecule has 0 radical (unpaired) electrons. The minimum Gasteiger partial charge on any atom is -0.399 e. The van der Waals surface area contributed by atoms with Gasteiger partial charge in [0.2, 0.25) is 0 Å². The fourth-order valence-corrected chi connectivity index (χ4v) is 3.09. The molecule has 1 aliphatic heterocycles. The predicted molar refractivity (Wildman–Crippen MR) is 83.3 cm³/mol. The fraction of sp³-hybridized carbons (Fsp3) is 0.647. The van der Waals surface area contributed by atoms with Gasteiger partial charge in [0.25, 0.3) is 0 Å². The van der Waals surface area contributed by atoms with Crippen LogP contribution in [0.1, 0.15) is 51.5 Å². The molecular formula is C17H28N2. The van der Waals surface area contributed by atoms with Crippen molar-refractivity contribution in [3.63, 3.8) is 0 Å². The minimum absolute atomic E-state index is 0.616. The van der Waals surface area contributed by atoms with E-state index in [2.05, 4.69) is 37.8 Å². The van der Waals surface area contributed by atoms with E-state index in [1.807, 2.05) is 12.1 Å². The largest absolute Gasteiger partial charge is 0.399 e. The first kappa shape index (κ1) is 14.4. The van der Waals surface area contributed by atoms with Crippen LogP contribution in [0.3, 0.4) is 0 Å². The van der Waals surface area contributed by atoms with E-state index in [-0.39, 0.29) is 0 Å². The maximum Gasteiger partial charge on any atom is 0.0314 e. The third kappa shape index (κ3) is 3.73. The standard InChI is InChI=1S/C17H28N2/c1-13-5-4-11-19(15(13)3)12-10-14(2)16-6-8-17(18)9-7-16/h6-9,13-15H,4-5,10-12,18H2,1-3H3. The Morgan fingerprint density at radius 1 is 1.26 bits per heavy atom. The van der Waals surface area contributed by atoms with Crippen LogP contribution in [0.5, 0.6) is 0 Å². The fourth-order valence-electron chi connectivity index (χ4n) is 3.09. The molecule has 1 fully saturated rings. The number of nitrogen functional groups attached to an aromatic ring is 1. The number of nitrogens with two attached hydrogens (primary N) is 1. The highest BCUT2D eigenvalue weighted by atomic mass is 15.2. The molecule has 19 heavy (non-hydrogen) atoms. The number of nitrogens with zero attached hydrogens (tertiary/aromatic N) is 1. The van der Waals surface area contributed by atoms with Gasteiger partial charge in [-0.05, 0) is 68.8 Å². The van der Waals surface area contributed by atoms with E-state index in [1.54, 1.807) is 0 Å². The van der Waals surface area contributed by atoms with Crippen LogP contribution in [0.25, 0.3) is 0 Å². The van der Waals surface area contributed by atoms with Crippen LogP contribution in [0, 0.1) is 5.92 Å². The van der Waals surface area contributed by atoms with Crippen LogP contribution in [-0.2, 0) is 0 Å². The Bertz CT molecular complexity index is 385. The second kappa shape index (κ2) is 6.42. The summed E-state index contributed by atoms with van der Waals surface area (Å²) in [5.41, 5.74) is 8.01. The zero-order valence-corrected chi connectivity index (χ0v) is 12.6. The maximum atomic E-state index is 5.74. The first-order valence-corrected chi connectivity index (χ1v) is 7.67. The van der Waals surface area contributed by atoms with Gasteiger partial charge in [-0.2, -0.15) is 0 Å². The highest BCUT2D eigenvalue weighted by molar-refractivity contribution is 5.40. The summed E-state index contributed by atoms with van der Waals surface area (Å²) in [5, 5.41) is 0. The smallest absolute Gasteiger partial charge is 0.0314 e. The predicted octanol–water partition coefficient (Wildman–Crippen LogP) is 3.88. The summed E-state index contributed by atoms with van der Waals surface area (Å²) < 4.78 is 0. The molecule has 3 atom stereocenters. The van der Waals surface area contributed by atoms with E-state index in [0.29, 0.717) is 5.92 Å². The number of piperidine rings is 1. The number of hydrogen-bond acceptors (Lipinski definition) is 2. The summed E-state index contributed by atoms with van der Waals surface area (Å²) in [6, 6.07) is 9.10. The van der Waals surface area contributed by atoms with Crippen LogP contribution in [-0.4, -0.2) is 24.0 Å². The maximum absolute atomic E-state index is 5.74. The molecule has 1 aromatic carbocycles. The second-order valence-corrected chi connectivity index (χ2v) is 6.25. The summed E-state index contributed by atoms with van der Waals surface area (Å²) in [7, 11) is 0. The normalized spacial score (nSPS) is 26.3. The number of anilines is 1. The minimum atomic E-state index is 0.616. The van der Waals surface area contributed by atoms with Crippen molar-refractivity contribution in [2.75, 3.05) is 18.8 Å². The average Bonchev–Trinajstić information content (AvgIpc) is 2.41. The van der Waals surface area contributed by atoms with Crippen LogP contribution in [0.4, 0.5) is 5.69 Å². The lowest BCUT2D eigenvalue weighted by Gasteiger charge is -2.38. The summed E-state index contributed by atoms with van der Waals surface area (Å²) in [5.74, 6) is 1.46. The third-order valence-corrected chi connectivity index (χ3v) is 4.86. The Balaban J connectivity index is 1.86. The average molecular weight is 260 g/mol. The molecule has 2 heteroatoms. The lowest BCUT2D eigenvalue weighted by Crippen LogP contribution is -2.43. The lowest BCUT2D eigenvalue weighted by atomic mass is 9.91. The van der Waals surface area contributed by atoms with E-state index in [4.69, 9.17) is 5.73 Å². The Kier molecular flexibility index (Phi) is 4.87. The molecule has 1 saturated heterocycles. The molecule has 0 aromatic heterocycles. The van der Waals surface area contributed by atoms with Gasteiger partial charge in [-0.3, -0.25) is 0 Å². The molecule has 0 spiro atoms. The first-order valence-electron chi connectivity index (χ1n) is 7.67.